The van der Waals surface area contributed by atoms with Crippen molar-refractivity contribution in [2.75, 3.05) is 12.3 Å². The molecule has 0 aromatic heterocycles. The van der Waals surface area contributed by atoms with Crippen molar-refractivity contribution in [2.24, 2.45) is 0 Å². The van der Waals surface area contributed by atoms with Crippen LogP contribution in [0.25, 0.3) is 0 Å². The van der Waals surface area contributed by atoms with Gasteiger partial charge < -0.3 is 15.8 Å². The van der Waals surface area contributed by atoms with Crippen molar-refractivity contribution in [1.82, 2.24) is 5.32 Å². The highest BCUT2D eigenvalue weighted by atomic mass is 16.5. The fraction of sp³-hybridized carbons (Fsp3) is 0.467. The summed E-state index contributed by atoms with van der Waals surface area (Å²) < 4.78 is 5.16. The standard InChI is InChI=1S/C15H22N2O3/c1-4-5-8-17-14(18)11(3)20-15(19)13-7-6-12(16)9-10(13)2/h6-7,9,11H,4-5,8,16H2,1-3H3,(H,17,18). The number of amides is 1. The van der Waals surface area contributed by atoms with E-state index in [1.54, 1.807) is 32.0 Å². The monoisotopic (exact) mass is 278 g/mol. The summed E-state index contributed by atoms with van der Waals surface area (Å²) in [6.07, 6.45) is 1.10. The summed E-state index contributed by atoms with van der Waals surface area (Å²) in [6.45, 7) is 5.97. The second kappa shape index (κ2) is 7.53. The molecule has 0 bridgehead atoms. The lowest BCUT2D eigenvalue weighted by Gasteiger charge is -2.14. The van der Waals surface area contributed by atoms with Gasteiger partial charge in [-0.1, -0.05) is 13.3 Å². The molecule has 1 rings (SSSR count). The van der Waals surface area contributed by atoms with Crippen LogP contribution in [0.15, 0.2) is 18.2 Å². The Hall–Kier alpha value is -2.04. The predicted molar refractivity (Wildman–Crippen MR) is 78.4 cm³/mol. The number of anilines is 1. The van der Waals surface area contributed by atoms with Gasteiger partial charge in [0.25, 0.3) is 5.91 Å². The molecule has 110 valence electrons. The van der Waals surface area contributed by atoms with Crippen LogP contribution < -0.4 is 11.1 Å². The number of ether oxygens (including phenoxy) is 1. The second-order valence-electron chi connectivity index (χ2n) is 4.77. The SMILES string of the molecule is CCCCNC(=O)C(C)OC(=O)c1ccc(N)cc1C. The van der Waals surface area contributed by atoms with Crippen molar-refractivity contribution >= 4 is 17.6 Å². The Morgan fingerprint density at radius 1 is 1.40 bits per heavy atom. The first-order valence-corrected chi connectivity index (χ1v) is 6.80. The quantitative estimate of drug-likeness (QED) is 0.474. The third kappa shape index (κ3) is 4.57. The summed E-state index contributed by atoms with van der Waals surface area (Å²) in [6, 6.07) is 4.94. The fourth-order valence-corrected chi connectivity index (χ4v) is 1.73. The summed E-state index contributed by atoms with van der Waals surface area (Å²) >= 11 is 0. The number of benzene rings is 1. The molecule has 0 aliphatic rings. The van der Waals surface area contributed by atoms with E-state index in [2.05, 4.69) is 5.32 Å². The number of rotatable bonds is 6. The highest BCUT2D eigenvalue weighted by molar-refractivity contribution is 5.93. The van der Waals surface area contributed by atoms with Gasteiger partial charge in [-0.05, 0) is 44.0 Å². The van der Waals surface area contributed by atoms with E-state index in [-0.39, 0.29) is 5.91 Å². The van der Waals surface area contributed by atoms with Gasteiger partial charge in [-0.25, -0.2) is 4.79 Å². The Morgan fingerprint density at radius 2 is 2.10 bits per heavy atom. The summed E-state index contributed by atoms with van der Waals surface area (Å²) in [7, 11) is 0. The average molecular weight is 278 g/mol. The third-order valence-corrected chi connectivity index (χ3v) is 2.95. The molecular formula is C15H22N2O3. The molecule has 0 radical (unpaired) electrons. The maximum atomic E-state index is 12.0. The van der Waals surface area contributed by atoms with E-state index in [0.717, 1.165) is 18.4 Å². The molecule has 1 amide bonds. The number of hydrogen-bond donors (Lipinski definition) is 2. The normalized spacial score (nSPS) is 11.8. The second-order valence-corrected chi connectivity index (χ2v) is 4.77. The zero-order chi connectivity index (χ0) is 15.1. The van der Waals surface area contributed by atoms with Gasteiger partial charge in [0, 0.05) is 12.2 Å². The van der Waals surface area contributed by atoms with E-state index < -0.39 is 12.1 Å². The number of esters is 1. The van der Waals surface area contributed by atoms with Gasteiger partial charge >= 0.3 is 5.97 Å². The smallest absolute Gasteiger partial charge is 0.339 e. The lowest BCUT2D eigenvalue weighted by Crippen LogP contribution is -2.36. The van der Waals surface area contributed by atoms with Crippen LogP contribution in [0.5, 0.6) is 0 Å². The molecular weight excluding hydrogens is 256 g/mol. The molecule has 1 atom stereocenters. The van der Waals surface area contributed by atoms with Crippen LogP contribution >= 0.6 is 0 Å². The van der Waals surface area contributed by atoms with E-state index in [1.165, 1.54) is 0 Å². The van der Waals surface area contributed by atoms with Crippen LogP contribution in [-0.4, -0.2) is 24.5 Å². The van der Waals surface area contributed by atoms with E-state index in [1.807, 2.05) is 6.92 Å². The fourth-order valence-electron chi connectivity index (χ4n) is 1.73. The molecule has 0 fully saturated rings. The molecule has 1 aromatic rings. The minimum absolute atomic E-state index is 0.278. The Bertz CT molecular complexity index is 486. The summed E-state index contributed by atoms with van der Waals surface area (Å²) in [4.78, 5) is 23.7. The molecule has 5 nitrogen and oxygen atoms in total. The summed E-state index contributed by atoms with van der Waals surface area (Å²) in [5.41, 5.74) is 7.37. The van der Waals surface area contributed by atoms with Crippen LogP contribution in [0.4, 0.5) is 5.69 Å². The topological polar surface area (TPSA) is 81.4 Å². The van der Waals surface area contributed by atoms with Crippen LogP contribution in [0.3, 0.4) is 0 Å². The van der Waals surface area contributed by atoms with Gasteiger partial charge in [-0.2, -0.15) is 0 Å². The maximum Gasteiger partial charge on any atom is 0.339 e. The highest BCUT2D eigenvalue weighted by Gasteiger charge is 2.19. The van der Waals surface area contributed by atoms with Gasteiger partial charge in [0.1, 0.15) is 0 Å². The Balaban J connectivity index is 2.58. The lowest BCUT2D eigenvalue weighted by molar-refractivity contribution is -0.129. The van der Waals surface area contributed by atoms with Crippen molar-refractivity contribution in [3.63, 3.8) is 0 Å². The largest absolute Gasteiger partial charge is 0.449 e. The van der Waals surface area contributed by atoms with E-state index in [0.29, 0.717) is 17.8 Å². The number of nitrogens with one attached hydrogen (secondary N) is 1. The van der Waals surface area contributed by atoms with Crippen LogP contribution in [-0.2, 0) is 9.53 Å². The number of nitrogens with two attached hydrogens (primary N) is 1. The van der Waals surface area contributed by atoms with Crippen LogP contribution in [0, 0.1) is 6.92 Å². The molecule has 0 aliphatic heterocycles. The molecule has 0 aliphatic carbocycles. The summed E-state index contributed by atoms with van der Waals surface area (Å²) in [5.74, 6) is -0.791. The van der Waals surface area contributed by atoms with E-state index >= 15 is 0 Å². The van der Waals surface area contributed by atoms with Crippen LogP contribution in [0.2, 0.25) is 0 Å². The molecule has 1 aromatic carbocycles. The van der Waals surface area contributed by atoms with Crippen molar-refractivity contribution in [3.8, 4) is 0 Å². The molecule has 0 saturated carbocycles. The molecule has 20 heavy (non-hydrogen) atoms. The lowest BCUT2D eigenvalue weighted by atomic mass is 10.1. The zero-order valence-corrected chi connectivity index (χ0v) is 12.2. The van der Waals surface area contributed by atoms with Gasteiger partial charge in [0.05, 0.1) is 5.56 Å². The van der Waals surface area contributed by atoms with Crippen molar-refractivity contribution in [2.45, 2.75) is 39.7 Å². The molecule has 0 saturated heterocycles. The first kappa shape index (κ1) is 16.0. The maximum absolute atomic E-state index is 12.0. The minimum atomic E-state index is -0.809. The number of carbonyl (C=O) groups excluding carboxylic acids is 2. The predicted octanol–water partition coefficient (Wildman–Crippen LogP) is 2.04. The van der Waals surface area contributed by atoms with Crippen molar-refractivity contribution in [3.05, 3.63) is 29.3 Å². The first-order valence-electron chi connectivity index (χ1n) is 6.80. The number of aryl methyl sites for hydroxylation is 1. The minimum Gasteiger partial charge on any atom is -0.449 e. The Labute approximate surface area is 119 Å². The zero-order valence-electron chi connectivity index (χ0n) is 12.2. The van der Waals surface area contributed by atoms with Crippen molar-refractivity contribution in [1.29, 1.82) is 0 Å². The van der Waals surface area contributed by atoms with Gasteiger partial charge in [0.15, 0.2) is 6.10 Å². The van der Waals surface area contributed by atoms with E-state index in [9.17, 15) is 9.59 Å². The molecule has 1 unspecified atom stereocenters. The number of carbonyl (C=O) groups is 2. The average Bonchev–Trinajstić information content (AvgIpc) is 2.38. The molecule has 5 heteroatoms. The van der Waals surface area contributed by atoms with Gasteiger partial charge in [-0.15, -0.1) is 0 Å². The molecule has 3 N–H and O–H groups in total. The Kier molecular flexibility index (Phi) is 6.03. The summed E-state index contributed by atoms with van der Waals surface area (Å²) in [5, 5.41) is 2.73. The van der Waals surface area contributed by atoms with Gasteiger partial charge in [-0.3, -0.25) is 4.79 Å². The molecule has 0 spiro atoms. The number of unbranched alkanes of at least 4 members (excludes halogenated alkanes) is 1. The highest BCUT2D eigenvalue weighted by Crippen LogP contribution is 2.14. The van der Waals surface area contributed by atoms with Crippen molar-refractivity contribution < 1.29 is 14.3 Å². The van der Waals surface area contributed by atoms with E-state index in [4.69, 9.17) is 10.5 Å². The van der Waals surface area contributed by atoms with Gasteiger partial charge in [0.2, 0.25) is 0 Å². The number of nitrogen functional groups attached to an aromatic ring is 1. The third-order valence-electron chi connectivity index (χ3n) is 2.95. The first-order chi connectivity index (χ1) is 9.45. The Morgan fingerprint density at radius 3 is 2.70 bits per heavy atom. The number of hydrogen-bond acceptors (Lipinski definition) is 4. The molecule has 0 heterocycles. The van der Waals surface area contributed by atoms with Crippen LogP contribution in [0.1, 0.15) is 42.6 Å².